The molecule has 9 heteroatoms. The van der Waals surface area contributed by atoms with E-state index in [-0.39, 0.29) is 11.9 Å². The molecule has 1 saturated heterocycles. The highest BCUT2D eigenvalue weighted by molar-refractivity contribution is 5.83. The van der Waals surface area contributed by atoms with Crippen LogP contribution in [0.4, 0.5) is 4.39 Å². The molecule has 188 valence electrons. The number of nitrogens with zero attached hydrogens (tertiary/aromatic N) is 3. The van der Waals surface area contributed by atoms with Gasteiger partial charge in [-0.05, 0) is 55.3 Å². The minimum atomic E-state index is -0.564. The Morgan fingerprint density at radius 1 is 1.28 bits per heavy atom. The van der Waals surface area contributed by atoms with Crippen LogP contribution in [0.25, 0.3) is 10.9 Å². The smallest absolute Gasteiger partial charge is 0.179 e. The van der Waals surface area contributed by atoms with Gasteiger partial charge in [-0.15, -0.1) is 0 Å². The second-order valence-electron chi connectivity index (χ2n) is 9.14. The molecule has 0 saturated carbocycles. The molecular weight excluding hydrogens is 463 g/mol. The van der Waals surface area contributed by atoms with E-state index in [2.05, 4.69) is 21.3 Å². The predicted octanol–water partition coefficient (Wildman–Crippen LogP) is 2.79. The standard InChI is InChI=1S/C27H29FN4O4/c1-34-19-2-3-23-21(12-19)20(22(28)15-31-23)4-6-32-7-5-24(25(33)16-32)30-14-17-10-18(13-29)27-26(11-17)35-8-9-36-27/h2-3,10-12,15,24-25,30,33H,4-9,14,16H2,1H3/t24-,25+/m0/s1. The molecule has 36 heavy (non-hydrogen) atoms. The number of likely N-dealkylation sites (tertiary alicyclic amines) is 1. The molecule has 1 aromatic heterocycles. The van der Waals surface area contributed by atoms with Crippen molar-refractivity contribution in [1.82, 2.24) is 15.2 Å². The first-order valence-corrected chi connectivity index (χ1v) is 12.1. The molecule has 2 atom stereocenters. The maximum atomic E-state index is 14.7. The maximum absolute atomic E-state index is 14.7. The number of nitrogens with one attached hydrogen (secondary N) is 1. The van der Waals surface area contributed by atoms with Gasteiger partial charge >= 0.3 is 0 Å². The summed E-state index contributed by atoms with van der Waals surface area (Å²) in [5.41, 5.74) is 2.70. The molecule has 0 bridgehead atoms. The van der Waals surface area contributed by atoms with Crippen molar-refractivity contribution in [2.45, 2.75) is 31.5 Å². The monoisotopic (exact) mass is 492 g/mol. The third-order valence-electron chi connectivity index (χ3n) is 6.87. The predicted molar refractivity (Wildman–Crippen MR) is 132 cm³/mol. The van der Waals surface area contributed by atoms with Crippen LogP contribution < -0.4 is 19.5 Å². The summed E-state index contributed by atoms with van der Waals surface area (Å²) < 4.78 is 31.2. The summed E-state index contributed by atoms with van der Waals surface area (Å²) in [6.07, 6.45) is 1.97. The molecule has 2 N–H and O–H groups in total. The van der Waals surface area contributed by atoms with Gasteiger partial charge < -0.3 is 29.5 Å². The summed E-state index contributed by atoms with van der Waals surface area (Å²) in [6.45, 7) is 3.30. The number of aromatic nitrogens is 1. The Morgan fingerprint density at radius 2 is 2.14 bits per heavy atom. The number of aliphatic hydroxyl groups excluding tert-OH is 1. The molecule has 0 unspecified atom stereocenters. The van der Waals surface area contributed by atoms with Gasteiger partial charge in [-0.1, -0.05) is 0 Å². The molecule has 0 aliphatic carbocycles. The summed E-state index contributed by atoms with van der Waals surface area (Å²) in [4.78, 5) is 6.35. The van der Waals surface area contributed by atoms with Gasteiger partial charge in [0.1, 0.15) is 30.8 Å². The van der Waals surface area contributed by atoms with Gasteiger partial charge in [0.05, 0.1) is 30.5 Å². The van der Waals surface area contributed by atoms with Crippen LogP contribution in [0.5, 0.6) is 17.2 Å². The molecule has 0 radical (unpaired) electrons. The second-order valence-corrected chi connectivity index (χ2v) is 9.14. The fraction of sp³-hybridized carbons (Fsp3) is 0.407. The number of hydrogen-bond acceptors (Lipinski definition) is 8. The first kappa shape index (κ1) is 24.3. The van der Waals surface area contributed by atoms with Crippen molar-refractivity contribution in [3.05, 3.63) is 59.0 Å². The summed E-state index contributed by atoms with van der Waals surface area (Å²) in [6, 6.07) is 11.2. The van der Waals surface area contributed by atoms with Crippen LogP contribution in [0.3, 0.4) is 0 Å². The van der Waals surface area contributed by atoms with Gasteiger partial charge in [-0.2, -0.15) is 5.26 Å². The lowest BCUT2D eigenvalue weighted by Crippen LogP contribution is -2.52. The third kappa shape index (κ3) is 5.07. The van der Waals surface area contributed by atoms with Crippen molar-refractivity contribution in [1.29, 1.82) is 5.26 Å². The van der Waals surface area contributed by atoms with Crippen LogP contribution in [0.1, 0.15) is 23.1 Å². The van der Waals surface area contributed by atoms with Gasteiger partial charge in [0.25, 0.3) is 0 Å². The topological polar surface area (TPSA) is 99.9 Å². The van der Waals surface area contributed by atoms with Crippen LogP contribution in [0, 0.1) is 17.1 Å². The number of hydrogen-bond donors (Lipinski definition) is 2. The summed E-state index contributed by atoms with van der Waals surface area (Å²) in [5, 5.41) is 24.4. The summed E-state index contributed by atoms with van der Waals surface area (Å²) in [7, 11) is 1.59. The molecule has 2 aliphatic rings. The Hall–Kier alpha value is -3.45. The lowest BCUT2D eigenvalue weighted by atomic mass is 9.99. The Kier molecular flexibility index (Phi) is 7.18. The molecule has 3 aromatic rings. The molecular formula is C27H29FN4O4. The Labute approximate surface area is 209 Å². The lowest BCUT2D eigenvalue weighted by molar-refractivity contribution is 0.0404. The number of halogens is 1. The summed E-state index contributed by atoms with van der Waals surface area (Å²) in [5.74, 6) is 1.42. The van der Waals surface area contributed by atoms with Crippen molar-refractivity contribution in [2.24, 2.45) is 0 Å². The van der Waals surface area contributed by atoms with Gasteiger partial charge in [-0.25, -0.2) is 4.39 Å². The van der Waals surface area contributed by atoms with Gasteiger partial charge in [-0.3, -0.25) is 4.98 Å². The highest BCUT2D eigenvalue weighted by atomic mass is 19.1. The normalized spacial score (nSPS) is 19.7. The van der Waals surface area contributed by atoms with Crippen molar-refractivity contribution < 1.29 is 23.7 Å². The van der Waals surface area contributed by atoms with E-state index in [0.29, 0.717) is 67.6 Å². The Bertz CT molecular complexity index is 1290. The van der Waals surface area contributed by atoms with E-state index in [4.69, 9.17) is 14.2 Å². The van der Waals surface area contributed by atoms with Crippen molar-refractivity contribution >= 4 is 10.9 Å². The third-order valence-corrected chi connectivity index (χ3v) is 6.87. The van der Waals surface area contributed by atoms with E-state index < -0.39 is 6.10 Å². The summed E-state index contributed by atoms with van der Waals surface area (Å²) >= 11 is 0. The minimum absolute atomic E-state index is 0.0808. The fourth-order valence-corrected chi connectivity index (χ4v) is 4.94. The van der Waals surface area contributed by atoms with Crippen LogP contribution in [0.2, 0.25) is 0 Å². The molecule has 0 amide bonds. The average molecular weight is 493 g/mol. The number of rotatable bonds is 7. The fourth-order valence-electron chi connectivity index (χ4n) is 4.94. The number of pyridine rings is 1. The first-order chi connectivity index (χ1) is 17.6. The van der Waals surface area contributed by atoms with Gasteiger partial charge in [0.15, 0.2) is 11.5 Å². The van der Waals surface area contributed by atoms with E-state index in [1.807, 2.05) is 24.3 Å². The highest BCUT2D eigenvalue weighted by Gasteiger charge is 2.28. The van der Waals surface area contributed by atoms with E-state index in [1.165, 1.54) is 6.20 Å². The molecule has 0 spiro atoms. The van der Waals surface area contributed by atoms with Crippen molar-refractivity contribution in [2.75, 3.05) is 40.0 Å². The van der Waals surface area contributed by atoms with E-state index in [9.17, 15) is 14.8 Å². The zero-order valence-corrected chi connectivity index (χ0v) is 20.2. The van der Waals surface area contributed by atoms with E-state index in [0.717, 1.165) is 29.4 Å². The molecule has 3 heterocycles. The number of fused-ring (bicyclic) bond motifs is 2. The zero-order chi connectivity index (χ0) is 25.1. The number of methoxy groups -OCH3 is 1. The first-order valence-electron chi connectivity index (χ1n) is 12.1. The molecule has 1 fully saturated rings. The average Bonchev–Trinajstić information content (AvgIpc) is 2.91. The van der Waals surface area contributed by atoms with Crippen molar-refractivity contribution in [3.63, 3.8) is 0 Å². The van der Waals surface area contributed by atoms with Crippen LogP contribution in [-0.2, 0) is 13.0 Å². The largest absolute Gasteiger partial charge is 0.497 e. The number of β-amino-alcohol motifs (C(OH)–C–C–N with tert-alkyl or cyclic N) is 1. The number of ether oxygens (including phenoxy) is 3. The van der Waals surface area contributed by atoms with Gasteiger partial charge in [0.2, 0.25) is 0 Å². The van der Waals surface area contributed by atoms with Crippen LogP contribution in [0.15, 0.2) is 36.5 Å². The highest BCUT2D eigenvalue weighted by Crippen LogP contribution is 2.35. The lowest BCUT2D eigenvalue weighted by Gasteiger charge is -2.36. The van der Waals surface area contributed by atoms with Crippen molar-refractivity contribution in [3.8, 4) is 23.3 Å². The van der Waals surface area contributed by atoms with Gasteiger partial charge in [0, 0.05) is 36.6 Å². The molecule has 2 aliphatic heterocycles. The van der Waals surface area contributed by atoms with Crippen LogP contribution >= 0.6 is 0 Å². The van der Waals surface area contributed by atoms with Crippen LogP contribution in [-0.4, -0.2) is 67.1 Å². The maximum Gasteiger partial charge on any atom is 0.179 e. The molecule has 5 rings (SSSR count). The Morgan fingerprint density at radius 3 is 2.94 bits per heavy atom. The number of aliphatic hydroxyl groups is 1. The molecule has 2 aromatic carbocycles. The number of piperidine rings is 1. The Balaban J connectivity index is 1.18. The quantitative estimate of drug-likeness (QED) is 0.520. The second kappa shape index (κ2) is 10.7. The minimum Gasteiger partial charge on any atom is -0.497 e. The number of nitriles is 1. The molecule has 8 nitrogen and oxygen atoms in total. The number of benzene rings is 2. The van der Waals surface area contributed by atoms with E-state index >= 15 is 0 Å². The van der Waals surface area contributed by atoms with E-state index in [1.54, 1.807) is 13.2 Å². The zero-order valence-electron chi connectivity index (χ0n) is 20.2. The SMILES string of the molecule is COc1ccc2ncc(F)c(CCN3CC[C@H](NCc4cc(C#N)c5c(c4)OCCO5)[C@H](O)C3)c2c1.